The number of nitrogens with one attached hydrogen (secondary N) is 1. The van der Waals surface area contributed by atoms with Crippen LogP contribution < -0.4 is 5.32 Å². The first-order chi connectivity index (χ1) is 9.74. The van der Waals surface area contributed by atoms with Gasteiger partial charge >= 0.3 is 6.03 Å². The molecule has 0 unspecified atom stereocenters. The zero-order valence-corrected chi connectivity index (χ0v) is 12.8. The molecule has 5 nitrogen and oxygen atoms in total. The molecule has 2 rings (SSSR count). The summed E-state index contributed by atoms with van der Waals surface area (Å²) in [5, 5.41) is 3.17. The first kappa shape index (κ1) is 15.6. The number of likely N-dealkylation sites (tertiary alicyclic amines) is 1. The van der Waals surface area contributed by atoms with Crippen molar-refractivity contribution in [3.63, 3.8) is 0 Å². The molecule has 5 heteroatoms. The Bertz CT molecular complexity index is 309. The highest BCUT2D eigenvalue weighted by atomic mass is 16.5. The summed E-state index contributed by atoms with van der Waals surface area (Å²) in [6.07, 6.45) is 6.85. The van der Waals surface area contributed by atoms with Crippen LogP contribution in [0.4, 0.5) is 4.79 Å². The summed E-state index contributed by atoms with van der Waals surface area (Å²) in [6, 6.07) is 0.240. The zero-order chi connectivity index (χ0) is 14.4. The first-order valence-corrected chi connectivity index (χ1v) is 7.81. The normalized spacial score (nSPS) is 31.1. The fraction of sp³-hybridized carbons (Fsp3) is 0.933. The van der Waals surface area contributed by atoms with E-state index in [1.807, 2.05) is 4.90 Å². The molecule has 0 radical (unpaired) electrons. The Labute approximate surface area is 122 Å². The van der Waals surface area contributed by atoms with E-state index in [0.29, 0.717) is 5.92 Å². The van der Waals surface area contributed by atoms with Gasteiger partial charge in [0.05, 0.1) is 18.8 Å². The number of hydrogen-bond acceptors (Lipinski definition) is 3. The number of ether oxygens (including phenoxy) is 2. The molecule has 1 aliphatic heterocycles. The van der Waals surface area contributed by atoms with Crippen molar-refractivity contribution >= 4 is 6.03 Å². The molecule has 1 heterocycles. The van der Waals surface area contributed by atoms with Crippen molar-refractivity contribution < 1.29 is 14.3 Å². The van der Waals surface area contributed by atoms with Crippen LogP contribution in [0.2, 0.25) is 0 Å². The molecule has 0 bridgehead atoms. The van der Waals surface area contributed by atoms with Crippen LogP contribution in [-0.4, -0.2) is 57.0 Å². The van der Waals surface area contributed by atoms with Gasteiger partial charge in [-0.3, -0.25) is 0 Å². The van der Waals surface area contributed by atoms with Crippen molar-refractivity contribution in [3.8, 4) is 0 Å². The lowest BCUT2D eigenvalue weighted by atomic mass is 9.92. The third-order valence-electron chi connectivity index (χ3n) is 4.52. The second kappa shape index (κ2) is 7.84. The predicted octanol–water partition coefficient (Wildman–Crippen LogP) is 2.01. The molecular weight excluding hydrogens is 256 g/mol. The number of carbonyl (C=O) groups is 1. The molecule has 2 fully saturated rings. The lowest BCUT2D eigenvalue weighted by Crippen LogP contribution is -2.53. The molecule has 1 saturated carbocycles. The predicted molar refractivity (Wildman–Crippen MR) is 77.8 cm³/mol. The fourth-order valence-electron chi connectivity index (χ4n) is 3.42. The molecule has 2 aliphatic rings. The van der Waals surface area contributed by atoms with E-state index < -0.39 is 0 Å². The van der Waals surface area contributed by atoms with Crippen LogP contribution in [0.5, 0.6) is 0 Å². The number of hydrogen-bond donors (Lipinski definition) is 1. The van der Waals surface area contributed by atoms with E-state index >= 15 is 0 Å². The van der Waals surface area contributed by atoms with Gasteiger partial charge in [-0.25, -0.2) is 4.79 Å². The van der Waals surface area contributed by atoms with Gasteiger partial charge in [0.15, 0.2) is 0 Å². The Morgan fingerprint density at radius 1 is 1.20 bits per heavy atom. The van der Waals surface area contributed by atoms with Gasteiger partial charge in [0, 0.05) is 33.2 Å². The van der Waals surface area contributed by atoms with Gasteiger partial charge in [-0.05, 0) is 25.7 Å². The molecule has 20 heavy (non-hydrogen) atoms. The van der Waals surface area contributed by atoms with E-state index in [-0.39, 0.29) is 18.2 Å². The number of carbonyl (C=O) groups excluding carboxylic acids is 1. The van der Waals surface area contributed by atoms with Gasteiger partial charge in [0.1, 0.15) is 0 Å². The summed E-state index contributed by atoms with van der Waals surface area (Å²) in [6.45, 7) is 2.41. The van der Waals surface area contributed by atoms with E-state index in [1.165, 1.54) is 12.8 Å². The van der Waals surface area contributed by atoms with Crippen LogP contribution in [0.15, 0.2) is 0 Å². The summed E-state index contributed by atoms with van der Waals surface area (Å²) >= 11 is 0. The summed E-state index contributed by atoms with van der Waals surface area (Å²) in [5.74, 6) is 0.476. The van der Waals surface area contributed by atoms with E-state index in [1.54, 1.807) is 14.2 Å². The number of nitrogens with zero attached hydrogens (tertiary/aromatic N) is 1. The van der Waals surface area contributed by atoms with Crippen molar-refractivity contribution in [2.75, 3.05) is 33.9 Å². The largest absolute Gasteiger partial charge is 0.384 e. The zero-order valence-electron chi connectivity index (χ0n) is 12.8. The van der Waals surface area contributed by atoms with Crippen molar-refractivity contribution in [1.29, 1.82) is 0 Å². The summed E-state index contributed by atoms with van der Waals surface area (Å²) < 4.78 is 10.7. The highest BCUT2D eigenvalue weighted by Gasteiger charge is 2.29. The molecule has 2 amide bonds. The fourth-order valence-corrected chi connectivity index (χ4v) is 3.42. The van der Waals surface area contributed by atoms with E-state index in [9.17, 15) is 4.79 Å². The van der Waals surface area contributed by atoms with Gasteiger partial charge in [-0.1, -0.05) is 12.8 Å². The van der Waals surface area contributed by atoms with Gasteiger partial charge in [-0.2, -0.15) is 0 Å². The molecule has 1 aliphatic carbocycles. The molecule has 0 aromatic rings. The highest BCUT2D eigenvalue weighted by molar-refractivity contribution is 5.74. The third kappa shape index (κ3) is 4.09. The van der Waals surface area contributed by atoms with Gasteiger partial charge in [0.2, 0.25) is 0 Å². The monoisotopic (exact) mass is 284 g/mol. The van der Waals surface area contributed by atoms with Crippen molar-refractivity contribution in [2.24, 2.45) is 5.92 Å². The molecule has 116 valence electrons. The van der Waals surface area contributed by atoms with Crippen LogP contribution in [-0.2, 0) is 9.47 Å². The summed E-state index contributed by atoms with van der Waals surface area (Å²) in [4.78, 5) is 14.3. The maximum Gasteiger partial charge on any atom is 0.317 e. The molecule has 3 atom stereocenters. The van der Waals surface area contributed by atoms with Gasteiger partial charge in [0.25, 0.3) is 0 Å². The third-order valence-corrected chi connectivity index (χ3v) is 4.52. The SMILES string of the molecule is COC[C@@H]1CCCN(C(=O)N[C@H]2CCCC[C@H]2OC)C1. The summed E-state index contributed by atoms with van der Waals surface area (Å²) in [7, 11) is 3.47. The van der Waals surface area contributed by atoms with Crippen LogP contribution in [0.25, 0.3) is 0 Å². The Morgan fingerprint density at radius 2 is 2.00 bits per heavy atom. The average molecular weight is 284 g/mol. The maximum absolute atomic E-state index is 12.4. The van der Waals surface area contributed by atoms with Crippen LogP contribution in [0.1, 0.15) is 38.5 Å². The molecule has 0 aromatic heterocycles. The van der Waals surface area contributed by atoms with E-state index in [2.05, 4.69) is 5.32 Å². The smallest absolute Gasteiger partial charge is 0.317 e. The minimum absolute atomic E-state index is 0.0692. The van der Waals surface area contributed by atoms with Crippen molar-refractivity contribution in [3.05, 3.63) is 0 Å². The highest BCUT2D eigenvalue weighted by Crippen LogP contribution is 2.22. The number of urea groups is 1. The Hall–Kier alpha value is -0.810. The molecular formula is C15H28N2O3. The minimum atomic E-state index is 0.0692. The Balaban J connectivity index is 1.83. The van der Waals surface area contributed by atoms with Crippen molar-refractivity contribution in [1.82, 2.24) is 10.2 Å². The number of rotatable bonds is 4. The second-order valence-electron chi connectivity index (χ2n) is 6.02. The first-order valence-electron chi connectivity index (χ1n) is 7.81. The van der Waals surface area contributed by atoms with E-state index in [0.717, 1.165) is 45.4 Å². The minimum Gasteiger partial charge on any atom is -0.384 e. The molecule has 0 aromatic carbocycles. The Morgan fingerprint density at radius 3 is 2.75 bits per heavy atom. The second-order valence-corrected chi connectivity index (χ2v) is 6.02. The lowest BCUT2D eigenvalue weighted by molar-refractivity contribution is 0.0409. The van der Waals surface area contributed by atoms with Gasteiger partial charge in [-0.15, -0.1) is 0 Å². The van der Waals surface area contributed by atoms with Gasteiger partial charge < -0.3 is 19.7 Å². The quantitative estimate of drug-likeness (QED) is 0.859. The average Bonchev–Trinajstić information content (AvgIpc) is 2.48. The number of piperidine rings is 1. The summed E-state index contributed by atoms with van der Waals surface area (Å²) in [5.41, 5.74) is 0. The van der Waals surface area contributed by atoms with Crippen molar-refractivity contribution in [2.45, 2.75) is 50.7 Å². The lowest BCUT2D eigenvalue weighted by Gasteiger charge is -2.36. The molecule has 1 saturated heterocycles. The number of amides is 2. The van der Waals surface area contributed by atoms with Crippen LogP contribution >= 0.6 is 0 Å². The maximum atomic E-state index is 12.4. The standard InChI is InChI=1S/C15H28N2O3/c1-19-11-12-6-5-9-17(10-12)15(18)16-13-7-3-4-8-14(13)20-2/h12-14H,3-11H2,1-2H3,(H,16,18)/t12-,13+,14-/m1/s1. The van der Waals surface area contributed by atoms with Crippen LogP contribution in [0, 0.1) is 5.92 Å². The van der Waals surface area contributed by atoms with E-state index in [4.69, 9.17) is 9.47 Å². The number of methoxy groups -OCH3 is 2. The topological polar surface area (TPSA) is 50.8 Å². The van der Waals surface area contributed by atoms with Crippen LogP contribution in [0.3, 0.4) is 0 Å². The molecule has 1 N–H and O–H groups in total. The molecule has 0 spiro atoms. The Kier molecular flexibility index (Phi) is 6.10.